The number of methoxy groups -OCH3 is 1. The number of carbonyl (C=O) groups is 1. The number of H-pyrrole nitrogens is 1. The van der Waals surface area contributed by atoms with Gasteiger partial charge >= 0.3 is 0 Å². The molecule has 0 saturated heterocycles. The average molecular weight is 454 g/mol. The summed E-state index contributed by atoms with van der Waals surface area (Å²) >= 11 is 5.38. The first-order chi connectivity index (χ1) is 15.5. The Morgan fingerprint density at radius 2 is 1.94 bits per heavy atom. The van der Waals surface area contributed by atoms with E-state index in [-0.39, 0.29) is 18.5 Å². The Bertz CT molecular complexity index is 1090. The van der Waals surface area contributed by atoms with Crippen LogP contribution in [0.4, 0.5) is 0 Å². The van der Waals surface area contributed by atoms with E-state index in [0.717, 1.165) is 35.5 Å². The zero-order valence-electron chi connectivity index (χ0n) is 19.1. The molecular weight excluding hydrogens is 422 g/mol. The van der Waals surface area contributed by atoms with Gasteiger partial charge in [-0.1, -0.05) is 55.8 Å². The third-order valence-electron chi connectivity index (χ3n) is 5.59. The monoisotopic (exact) mass is 453 g/mol. The molecule has 0 aliphatic heterocycles. The number of carbonyl (C=O) groups excluding carboxylic acids is 1. The van der Waals surface area contributed by atoms with Crippen LogP contribution in [-0.4, -0.2) is 52.3 Å². The van der Waals surface area contributed by atoms with Crippen molar-refractivity contribution in [1.82, 2.24) is 25.0 Å². The molecule has 0 fully saturated rings. The summed E-state index contributed by atoms with van der Waals surface area (Å²) in [4.78, 5) is 15.2. The molecule has 3 aromatic rings. The molecule has 1 amide bonds. The Balaban J connectivity index is 1.75. The van der Waals surface area contributed by atoms with E-state index in [1.807, 2.05) is 49.4 Å². The second-order valence-corrected chi connectivity index (χ2v) is 8.01. The van der Waals surface area contributed by atoms with Crippen molar-refractivity contribution in [2.24, 2.45) is 0 Å². The van der Waals surface area contributed by atoms with E-state index >= 15 is 0 Å². The molecule has 8 heteroatoms. The van der Waals surface area contributed by atoms with Gasteiger partial charge in [-0.2, -0.15) is 5.10 Å². The van der Waals surface area contributed by atoms with Gasteiger partial charge in [-0.3, -0.25) is 19.4 Å². The lowest BCUT2D eigenvalue weighted by Gasteiger charge is -2.30. The Labute approximate surface area is 194 Å². The maximum Gasteiger partial charge on any atom is 0.240 e. The van der Waals surface area contributed by atoms with Crippen molar-refractivity contribution in [3.63, 3.8) is 0 Å². The highest BCUT2D eigenvalue weighted by Crippen LogP contribution is 2.24. The SMILES string of the molecule is CCN(CC)C(CNC(=O)Cn1c(-c2ccc(C)cc2)n[nH]c1=S)c1cccc(OC)c1. The van der Waals surface area contributed by atoms with E-state index in [1.54, 1.807) is 11.7 Å². The van der Waals surface area contributed by atoms with Crippen LogP contribution >= 0.6 is 12.2 Å². The van der Waals surface area contributed by atoms with E-state index in [1.165, 1.54) is 0 Å². The highest BCUT2D eigenvalue weighted by Gasteiger charge is 2.20. The van der Waals surface area contributed by atoms with Crippen molar-refractivity contribution in [1.29, 1.82) is 0 Å². The smallest absolute Gasteiger partial charge is 0.240 e. The molecule has 170 valence electrons. The topological polar surface area (TPSA) is 75.2 Å². The number of nitrogens with zero attached hydrogens (tertiary/aromatic N) is 3. The van der Waals surface area contributed by atoms with Crippen molar-refractivity contribution in [2.45, 2.75) is 33.4 Å². The molecule has 7 nitrogen and oxygen atoms in total. The Kier molecular flexibility index (Phi) is 8.19. The lowest BCUT2D eigenvalue weighted by atomic mass is 10.0. The molecule has 0 aliphatic rings. The molecule has 1 heterocycles. The number of aromatic nitrogens is 3. The maximum absolute atomic E-state index is 12.9. The number of hydrogen-bond acceptors (Lipinski definition) is 5. The minimum Gasteiger partial charge on any atom is -0.497 e. The number of aryl methyl sites for hydroxylation is 1. The van der Waals surface area contributed by atoms with Crippen LogP contribution in [0.15, 0.2) is 48.5 Å². The van der Waals surface area contributed by atoms with Crippen molar-refractivity contribution in [3.8, 4) is 17.1 Å². The van der Waals surface area contributed by atoms with Crippen molar-refractivity contribution >= 4 is 18.1 Å². The van der Waals surface area contributed by atoms with Gasteiger partial charge in [-0.25, -0.2) is 0 Å². The molecule has 0 radical (unpaired) electrons. The standard InChI is InChI=1S/C24H31N5O2S/c1-5-28(6-2)21(19-8-7-9-20(14-19)31-4)15-25-22(30)16-29-23(26-27-24(29)32)18-12-10-17(3)11-13-18/h7-14,21H,5-6,15-16H2,1-4H3,(H,25,30)(H,27,32). The Morgan fingerprint density at radius 1 is 1.22 bits per heavy atom. The number of nitrogens with one attached hydrogen (secondary N) is 2. The fourth-order valence-corrected chi connectivity index (χ4v) is 3.96. The first-order valence-corrected chi connectivity index (χ1v) is 11.2. The number of likely N-dealkylation sites (N-methyl/N-ethyl adjacent to an activating group) is 1. The summed E-state index contributed by atoms with van der Waals surface area (Å²) in [6, 6.07) is 16.0. The summed E-state index contributed by atoms with van der Waals surface area (Å²) in [5.74, 6) is 1.34. The molecule has 32 heavy (non-hydrogen) atoms. The second kappa shape index (κ2) is 11.1. The van der Waals surface area contributed by atoms with Gasteiger partial charge < -0.3 is 10.1 Å². The van der Waals surface area contributed by atoms with Crippen LogP contribution < -0.4 is 10.1 Å². The first-order valence-electron chi connectivity index (χ1n) is 10.8. The number of aromatic amines is 1. The molecule has 2 N–H and O–H groups in total. The summed E-state index contributed by atoms with van der Waals surface area (Å²) in [6.07, 6.45) is 0. The highest BCUT2D eigenvalue weighted by atomic mass is 32.1. The van der Waals surface area contributed by atoms with Crippen molar-refractivity contribution in [3.05, 3.63) is 64.4 Å². The van der Waals surface area contributed by atoms with E-state index in [2.05, 4.69) is 40.3 Å². The fraction of sp³-hybridized carbons (Fsp3) is 0.375. The predicted octanol–water partition coefficient (Wildman–Crippen LogP) is 4.12. The summed E-state index contributed by atoms with van der Waals surface area (Å²) in [5.41, 5.74) is 3.17. The van der Waals surface area contributed by atoms with Gasteiger partial charge in [0.25, 0.3) is 0 Å². The molecule has 1 unspecified atom stereocenters. The largest absolute Gasteiger partial charge is 0.497 e. The third-order valence-corrected chi connectivity index (χ3v) is 5.91. The van der Waals surface area contributed by atoms with Gasteiger partial charge in [0.15, 0.2) is 10.6 Å². The van der Waals surface area contributed by atoms with Crippen LogP contribution in [0.3, 0.4) is 0 Å². The highest BCUT2D eigenvalue weighted by molar-refractivity contribution is 7.71. The molecular formula is C24H31N5O2S. The Morgan fingerprint density at radius 3 is 2.59 bits per heavy atom. The van der Waals surface area contributed by atoms with E-state index < -0.39 is 0 Å². The minimum absolute atomic E-state index is 0.0398. The molecule has 2 aromatic carbocycles. The summed E-state index contributed by atoms with van der Waals surface area (Å²) in [6.45, 7) is 8.61. The van der Waals surface area contributed by atoms with E-state index in [4.69, 9.17) is 17.0 Å². The van der Waals surface area contributed by atoms with Crippen molar-refractivity contribution < 1.29 is 9.53 Å². The van der Waals surface area contributed by atoms with Gasteiger partial charge in [-0.05, 0) is 49.9 Å². The van der Waals surface area contributed by atoms with Crippen LogP contribution in [0.25, 0.3) is 11.4 Å². The molecule has 0 bridgehead atoms. The molecule has 0 spiro atoms. The normalized spacial score (nSPS) is 12.0. The van der Waals surface area contributed by atoms with Crippen LogP contribution in [-0.2, 0) is 11.3 Å². The maximum atomic E-state index is 12.9. The molecule has 1 atom stereocenters. The molecule has 3 rings (SSSR count). The summed E-state index contributed by atoms with van der Waals surface area (Å²) < 4.78 is 7.54. The van der Waals surface area contributed by atoms with Gasteiger partial charge in [0.05, 0.1) is 13.2 Å². The predicted molar refractivity (Wildman–Crippen MR) is 129 cm³/mol. The van der Waals surface area contributed by atoms with E-state index in [0.29, 0.717) is 17.1 Å². The van der Waals surface area contributed by atoms with Gasteiger partial charge in [-0.15, -0.1) is 0 Å². The molecule has 0 saturated carbocycles. The molecule has 1 aromatic heterocycles. The van der Waals surface area contributed by atoms with Crippen molar-refractivity contribution in [2.75, 3.05) is 26.7 Å². The number of rotatable bonds is 10. The third kappa shape index (κ3) is 5.63. The second-order valence-electron chi connectivity index (χ2n) is 7.62. The fourth-order valence-electron chi connectivity index (χ4n) is 3.77. The quantitative estimate of drug-likeness (QED) is 0.452. The lowest BCUT2D eigenvalue weighted by Crippen LogP contribution is -2.39. The van der Waals surface area contributed by atoms with Crippen LogP contribution in [0.1, 0.15) is 31.0 Å². The van der Waals surface area contributed by atoms with E-state index in [9.17, 15) is 4.79 Å². The zero-order valence-corrected chi connectivity index (χ0v) is 19.9. The van der Waals surface area contributed by atoms with Gasteiger partial charge in [0, 0.05) is 12.1 Å². The zero-order chi connectivity index (χ0) is 23.1. The molecule has 0 aliphatic carbocycles. The number of amides is 1. The first kappa shape index (κ1) is 23.7. The van der Waals surface area contributed by atoms with Gasteiger partial charge in [0.2, 0.25) is 5.91 Å². The van der Waals surface area contributed by atoms with Gasteiger partial charge in [0.1, 0.15) is 12.3 Å². The summed E-state index contributed by atoms with van der Waals surface area (Å²) in [5, 5.41) is 10.2. The minimum atomic E-state index is -0.115. The average Bonchev–Trinajstić information content (AvgIpc) is 3.17. The number of benzene rings is 2. The lowest BCUT2D eigenvalue weighted by molar-refractivity contribution is -0.121. The summed E-state index contributed by atoms with van der Waals surface area (Å²) in [7, 11) is 1.66. The van der Waals surface area contributed by atoms with Crippen LogP contribution in [0.2, 0.25) is 0 Å². The number of ether oxygens (including phenoxy) is 1. The van der Waals surface area contributed by atoms with Crippen LogP contribution in [0, 0.1) is 11.7 Å². The van der Waals surface area contributed by atoms with Crippen LogP contribution in [0.5, 0.6) is 5.75 Å². The number of hydrogen-bond donors (Lipinski definition) is 2. The Hall–Kier alpha value is -2.97.